The standard InChI is InChI=1S/C17H18ClN5O5/c18-9-2-1-8(10(25)3-9)4-19-15-12-16(21-6-20-15)23(7-22-12)17-14(27)13(26)11(5-24)28-17/h1-3,6-7,11,13-14,17,24-27H,4-5H2,(H,19,20,21)/t11-,13-,14+,17-/m1/s1. The number of aromatic nitrogens is 4. The maximum atomic E-state index is 10.2. The number of nitrogens with zero attached hydrogens (tertiary/aromatic N) is 4. The smallest absolute Gasteiger partial charge is 0.167 e. The third kappa shape index (κ3) is 3.25. The van der Waals surface area contributed by atoms with Crippen LogP contribution in [-0.2, 0) is 11.3 Å². The van der Waals surface area contributed by atoms with Crippen LogP contribution in [0.25, 0.3) is 11.2 Å². The number of benzene rings is 1. The summed E-state index contributed by atoms with van der Waals surface area (Å²) in [6.07, 6.45) is -1.56. The molecule has 1 aliphatic heterocycles. The lowest BCUT2D eigenvalue weighted by molar-refractivity contribution is -0.0511. The number of rotatable bonds is 5. The number of fused-ring (bicyclic) bond motifs is 1. The van der Waals surface area contributed by atoms with Gasteiger partial charge in [-0.1, -0.05) is 17.7 Å². The van der Waals surface area contributed by atoms with Crippen molar-refractivity contribution in [3.8, 4) is 5.75 Å². The van der Waals surface area contributed by atoms with E-state index >= 15 is 0 Å². The first-order chi connectivity index (χ1) is 13.5. The Balaban J connectivity index is 1.60. The van der Waals surface area contributed by atoms with Gasteiger partial charge < -0.3 is 30.5 Å². The number of phenols is 1. The highest BCUT2D eigenvalue weighted by molar-refractivity contribution is 6.30. The molecule has 1 fully saturated rings. The van der Waals surface area contributed by atoms with Crippen LogP contribution in [-0.4, -0.2) is 64.9 Å². The molecule has 5 N–H and O–H groups in total. The van der Waals surface area contributed by atoms with E-state index in [4.69, 9.17) is 16.3 Å². The van der Waals surface area contributed by atoms with Gasteiger partial charge in [-0.2, -0.15) is 0 Å². The van der Waals surface area contributed by atoms with E-state index in [-0.39, 0.29) is 12.3 Å². The van der Waals surface area contributed by atoms with Crippen LogP contribution in [0.1, 0.15) is 11.8 Å². The average Bonchev–Trinajstić information content (AvgIpc) is 3.23. The predicted molar refractivity (Wildman–Crippen MR) is 98.8 cm³/mol. The van der Waals surface area contributed by atoms with Gasteiger partial charge in [0.25, 0.3) is 0 Å². The summed E-state index contributed by atoms with van der Waals surface area (Å²) in [5, 5.41) is 42.9. The molecule has 0 aliphatic carbocycles. The molecule has 11 heteroatoms. The lowest BCUT2D eigenvalue weighted by Crippen LogP contribution is -2.33. The first-order valence-electron chi connectivity index (χ1n) is 8.51. The van der Waals surface area contributed by atoms with Crippen LogP contribution in [0.3, 0.4) is 0 Å². The molecule has 4 rings (SSSR count). The fourth-order valence-electron chi connectivity index (χ4n) is 3.14. The summed E-state index contributed by atoms with van der Waals surface area (Å²) in [6, 6.07) is 4.82. The number of halogens is 1. The molecule has 4 atom stereocenters. The van der Waals surface area contributed by atoms with Crippen LogP contribution in [0.4, 0.5) is 5.82 Å². The number of phenolic OH excluding ortho intramolecular Hbond substituents is 1. The summed E-state index contributed by atoms with van der Waals surface area (Å²) in [7, 11) is 0. The monoisotopic (exact) mass is 407 g/mol. The molecule has 10 nitrogen and oxygen atoms in total. The third-order valence-corrected chi connectivity index (χ3v) is 4.88. The second-order valence-electron chi connectivity index (χ2n) is 6.40. The maximum absolute atomic E-state index is 10.2. The zero-order chi connectivity index (χ0) is 19.8. The quantitative estimate of drug-likeness (QED) is 0.405. The highest BCUT2D eigenvalue weighted by Crippen LogP contribution is 2.32. The number of aromatic hydroxyl groups is 1. The van der Waals surface area contributed by atoms with E-state index in [1.54, 1.807) is 12.1 Å². The molecule has 0 saturated carbocycles. The summed E-state index contributed by atoms with van der Waals surface area (Å²) in [4.78, 5) is 12.6. The molecule has 148 valence electrons. The van der Waals surface area contributed by atoms with Crippen molar-refractivity contribution in [3.63, 3.8) is 0 Å². The van der Waals surface area contributed by atoms with Gasteiger partial charge in [-0.15, -0.1) is 0 Å². The van der Waals surface area contributed by atoms with E-state index in [1.807, 2.05) is 0 Å². The molecule has 2 aromatic heterocycles. The van der Waals surface area contributed by atoms with Crippen molar-refractivity contribution in [2.75, 3.05) is 11.9 Å². The normalized spacial score (nSPS) is 24.7. The lowest BCUT2D eigenvalue weighted by atomic mass is 10.1. The van der Waals surface area contributed by atoms with Crippen molar-refractivity contribution in [1.82, 2.24) is 19.5 Å². The number of hydrogen-bond donors (Lipinski definition) is 5. The Bertz CT molecular complexity index is 999. The topological polar surface area (TPSA) is 146 Å². The minimum atomic E-state index is -1.24. The van der Waals surface area contributed by atoms with E-state index in [0.29, 0.717) is 27.6 Å². The van der Waals surface area contributed by atoms with Gasteiger partial charge in [-0.05, 0) is 12.1 Å². The Morgan fingerprint density at radius 3 is 2.71 bits per heavy atom. The molecule has 3 aromatic rings. The van der Waals surface area contributed by atoms with Gasteiger partial charge >= 0.3 is 0 Å². The van der Waals surface area contributed by atoms with E-state index < -0.39 is 31.1 Å². The molecule has 1 aliphatic rings. The van der Waals surface area contributed by atoms with Gasteiger partial charge in [-0.25, -0.2) is 15.0 Å². The van der Waals surface area contributed by atoms with Gasteiger partial charge in [0.15, 0.2) is 23.2 Å². The highest BCUT2D eigenvalue weighted by atomic mass is 35.5. The van der Waals surface area contributed by atoms with E-state index in [1.165, 1.54) is 23.3 Å². The van der Waals surface area contributed by atoms with E-state index in [9.17, 15) is 20.4 Å². The average molecular weight is 408 g/mol. The van der Waals surface area contributed by atoms with Crippen LogP contribution in [0.15, 0.2) is 30.9 Å². The molecule has 1 aromatic carbocycles. The van der Waals surface area contributed by atoms with Crippen LogP contribution in [0, 0.1) is 0 Å². The van der Waals surface area contributed by atoms with Crippen LogP contribution < -0.4 is 5.32 Å². The molecule has 1 saturated heterocycles. The Labute approximate surface area is 164 Å². The maximum Gasteiger partial charge on any atom is 0.167 e. The fourth-order valence-corrected chi connectivity index (χ4v) is 3.31. The second kappa shape index (κ2) is 7.49. The molecule has 0 bridgehead atoms. The Hall–Kier alpha value is -2.50. The summed E-state index contributed by atoms with van der Waals surface area (Å²) in [5.41, 5.74) is 1.43. The van der Waals surface area contributed by atoms with Gasteiger partial charge in [-0.3, -0.25) is 4.57 Å². The zero-order valence-corrected chi connectivity index (χ0v) is 15.2. The van der Waals surface area contributed by atoms with Crippen molar-refractivity contribution in [2.24, 2.45) is 0 Å². The van der Waals surface area contributed by atoms with Crippen molar-refractivity contribution in [2.45, 2.75) is 31.1 Å². The van der Waals surface area contributed by atoms with Crippen molar-refractivity contribution < 1.29 is 25.2 Å². The number of ether oxygens (including phenoxy) is 1. The Kier molecular flexibility index (Phi) is 5.04. The number of hydrogen-bond acceptors (Lipinski definition) is 9. The van der Waals surface area contributed by atoms with Crippen molar-refractivity contribution in [3.05, 3.63) is 41.4 Å². The van der Waals surface area contributed by atoms with Gasteiger partial charge in [0.2, 0.25) is 0 Å². The lowest BCUT2D eigenvalue weighted by Gasteiger charge is -2.16. The largest absolute Gasteiger partial charge is 0.508 e. The number of aliphatic hydroxyl groups is 3. The second-order valence-corrected chi connectivity index (χ2v) is 6.84. The number of nitrogens with one attached hydrogen (secondary N) is 1. The summed E-state index contributed by atoms with van der Waals surface area (Å²) in [6.45, 7) is -0.149. The first-order valence-corrected chi connectivity index (χ1v) is 8.88. The predicted octanol–water partition coefficient (Wildman–Crippen LogP) is 0.409. The Morgan fingerprint density at radius 1 is 1.18 bits per heavy atom. The SMILES string of the molecule is OC[C@H]1O[C@@H](n2cnc3c(NCc4ccc(Cl)cc4O)ncnc32)[C@@H](O)[C@@H]1O. The van der Waals surface area contributed by atoms with Crippen LogP contribution >= 0.6 is 11.6 Å². The van der Waals surface area contributed by atoms with Crippen LogP contribution in [0.5, 0.6) is 5.75 Å². The van der Waals surface area contributed by atoms with Crippen LogP contribution in [0.2, 0.25) is 5.02 Å². The van der Waals surface area contributed by atoms with E-state index in [0.717, 1.165) is 0 Å². The van der Waals surface area contributed by atoms with Crippen molar-refractivity contribution in [1.29, 1.82) is 0 Å². The molecule has 0 unspecified atom stereocenters. The summed E-state index contributed by atoms with van der Waals surface area (Å²) in [5.74, 6) is 0.479. The first kappa shape index (κ1) is 18.8. The van der Waals surface area contributed by atoms with Gasteiger partial charge in [0.1, 0.15) is 30.4 Å². The minimum Gasteiger partial charge on any atom is -0.508 e. The molecule has 0 radical (unpaired) electrons. The molecular weight excluding hydrogens is 390 g/mol. The molecule has 3 heterocycles. The van der Waals surface area contributed by atoms with Gasteiger partial charge in [0, 0.05) is 17.1 Å². The van der Waals surface area contributed by atoms with Gasteiger partial charge in [0.05, 0.1) is 12.9 Å². The number of imidazole rings is 1. The van der Waals surface area contributed by atoms with Crippen molar-refractivity contribution >= 4 is 28.6 Å². The zero-order valence-electron chi connectivity index (χ0n) is 14.5. The third-order valence-electron chi connectivity index (χ3n) is 4.64. The molecule has 28 heavy (non-hydrogen) atoms. The highest BCUT2D eigenvalue weighted by Gasteiger charge is 2.44. The molecule has 0 amide bonds. The fraction of sp³-hybridized carbons (Fsp3) is 0.353. The molecular formula is C17H18ClN5O5. The Morgan fingerprint density at radius 2 is 2.00 bits per heavy atom. The summed E-state index contributed by atoms with van der Waals surface area (Å²) < 4.78 is 7.01. The molecule has 0 spiro atoms. The summed E-state index contributed by atoms with van der Waals surface area (Å²) >= 11 is 5.84. The number of anilines is 1. The van der Waals surface area contributed by atoms with E-state index in [2.05, 4.69) is 20.3 Å². The number of aliphatic hydroxyl groups excluding tert-OH is 3. The minimum absolute atomic E-state index is 0.0577.